The van der Waals surface area contributed by atoms with Crippen molar-refractivity contribution in [3.63, 3.8) is 0 Å². The number of ether oxygens (including phenoxy) is 1. The van der Waals surface area contributed by atoms with E-state index in [1.54, 1.807) is 4.68 Å². The fourth-order valence-electron chi connectivity index (χ4n) is 2.80. The fraction of sp³-hybridized carbons (Fsp3) is 0.800. The smallest absolute Gasteiger partial charge is 0.273 e. The van der Waals surface area contributed by atoms with Crippen LogP contribution in [0.3, 0.4) is 0 Å². The molecule has 1 unspecified atom stereocenters. The van der Waals surface area contributed by atoms with E-state index in [1.165, 1.54) is 0 Å². The molecule has 1 aliphatic rings. The van der Waals surface area contributed by atoms with Crippen LogP contribution in [0.15, 0.2) is 0 Å². The van der Waals surface area contributed by atoms with Gasteiger partial charge in [0.05, 0.1) is 17.4 Å². The van der Waals surface area contributed by atoms with Gasteiger partial charge in [0.2, 0.25) is 0 Å². The third-order valence-electron chi connectivity index (χ3n) is 3.91. The highest BCUT2D eigenvalue weighted by Crippen LogP contribution is 2.27. The normalized spacial score (nSPS) is 21.5. The molecular weight excluding hydrogens is 268 g/mol. The zero-order valence-electron chi connectivity index (χ0n) is 13.6. The predicted octanol–water partition coefficient (Wildman–Crippen LogP) is 2.24. The number of rotatable bonds is 4. The van der Waals surface area contributed by atoms with Crippen LogP contribution in [0.25, 0.3) is 0 Å². The third-order valence-corrected chi connectivity index (χ3v) is 3.91. The monoisotopic (exact) mass is 294 g/mol. The Kier molecular flexibility index (Phi) is 4.66. The van der Waals surface area contributed by atoms with Gasteiger partial charge in [0.15, 0.2) is 5.69 Å². The Labute approximate surface area is 126 Å². The molecule has 118 valence electrons. The number of carbonyl (C=O) groups excluding carboxylic acids is 1. The Balaban J connectivity index is 1.93. The lowest BCUT2D eigenvalue weighted by molar-refractivity contribution is -0.104. The molecule has 0 aromatic carbocycles. The molecule has 0 bridgehead atoms. The van der Waals surface area contributed by atoms with Crippen LogP contribution < -0.4 is 5.32 Å². The van der Waals surface area contributed by atoms with Crippen molar-refractivity contribution in [2.45, 2.75) is 71.6 Å². The van der Waals surface area contributed by atoms with Crippen LogP contribution in [-0.2, 0) is 4.74 Å². The molecule has 1 saturated heterocycles. The summed E-state index contributed by atoms with van der Waals surface area (Å²) in [5.74, 6) is -0.175. The van der Waals surface area contributed by atoms with Gasteiger partial charge in [-0.05, 0) is 53.9 Å². The van der Waals surface area contributed by atoms with Crippen molar-refractivity contribution in [2.75, 3.05) is 6.54 Å². The quantitative estimate of drug-likeness (QED) is 0.924. The molecule has 0 aliphatic carbocycles. The molecule has 1 atom stereocenters. The molecule has 6 heteroatoms. The highest BCUT2D eigenvalue weighted by Gasteiger charge is 2.29. The maximum Gasteiger partial charge on any atom is 0.273 e. The summed E-state index contributed by atoms with van der Waals surface area (Å²) in [7, 11) is 0. The molecule has 0 saturated carbocycles. The molecule has 1 aromatic rings. The Hall–Kier alpha value is -1.43. The van der Waals surface area contributed by atoms with Crippen molar-refractivity contribution in [1.82, 2.24) is 20.3 Å². The van der Waals surface area contributed by atoms with E-state index in [4.69, 9.17) is 4.74 Å². The van der Waals surface area contributed by atoms with Gasteiger partial charge in [0, 0.05) is 12.6 Å². The molecule has 21 heavy (non-hydrogen) atoms. The number of nitrogens with zero attached hydrogens (tertiary/aromatic N) is 3. The number of hydrogen-bond donors (Lipinski definition) is 1. The van der Waals surface area contributed by atoms with E-state index >= 15 is 0 Å². The van der Waals surface area contributed by atoms with E-state index in [0.717, 1.165) is 25.0 Å². The fourth-order valence-corrected chi connectivity index (χ4v) is 2.80. The van der Waals surface area contributed by atoms with Gasteiger partial charge in [0.1, 0.15) is 0 Å². The average molecular weight is 294 g/mol. The Morgan fingerprint density at radius 3 is 2.81 bits per heavy atom. The summed E-state index contributed by atoms with van der Waals surface area (Å²) in [5, 5.41) is 10.9. The first kappa shape index (κ1) is 15.9. The standard InChI is InChI=1S/C15H26N4O2/c1-10(2)19-11(3)13(17-18-19)14(20)16-9-12-7-6-8-15(4,5)21-12/h10,12H,6-9H2,1-5H3,(H,16,20). The lowest BCUT2D eigenvalue weighted by Crippen LogP contribution is -2.42. The second kappa shape index (κ2) is 6.13. The van der Waals surface area contributed by atoms with Crippen molar-refractivity contribution in [2.24, 2.45) is 0 Å². The SMILES string of the molecule is Cc1c(C(=O)NCC2CCCC(C)(C)O2)nnn1C(C)C. The zero-order chi connectivity index (χ0) is 15.6. The molecule has 6 nitrogen and oxygen atoms in total. The van der Waals surface area contributed by atoms with Gasteiger partial charge in [-0.25, -0.2) is 4.68 Å². The van der Waals surface area contributed by atoms with Crippen molar-refractivity contribution in [1.29, 1.82) is 0 Å². The minimum atomic E-state index is -0.175. The van der Waals surface area contributed by atoms with Crippen LogP contribution in [0.2, 0.25) is 0 Å². The average Bonchev–Trinajstić information content (AvgIpc) is 2.77. The molecule has 1 amide bonds. The first-order valence-corrected chi connectivity index (χ1v) is 7.68. The number of carbonyl (C=O) groups is 1. The number of amides is 1. The first-order chi connectivity index (χ1) is 9.80. The van der Waals surface area contributed by atoms with Gasteiger partial charge in [0.25, 0.3) is 5.91 Å². The van der Waals surface area contributed by atoms with E-state index in [1.807, 2.05) is 20.8 Å². The Morgan fingerprint density at radius 2 is 2.24 bits per heavy atom. The van der Waals surface area contributed by atoms with Crippen molar-refractivity contribution in [3.05, 3.63) is 11.4 Å². The second-order valence-electron chi connectivity index (χ2n) is 6.66. The molecule has 1 aliphatic heterocycles. The second-order valence-corrected chi connectivity index (χ2v) is 6.66. The van der Waals surface area contributed by atoms with E-state index in [-0.39, 0.29) is 23.7 Å². The van der Waals surface area contributed by atoms with Gasteiger partial charge in [-0.3, -0.25) is 4.79 Å². The number of hydrogen-bond acceptors (Lipinski definition) is 4. The highest BCUT2D eigenvalue weighted by molar-refractivity contribution is 5.93. The maximum atomic E-state index is 12.2. The lowest BCUT2D eigenvalue weighted by Gasteiger charge is -2.36. The summed E-state index contributed by atoms with van der Waals surface area (Å²) in [5.41, 5.74) is 1.11. The van der Waals surface area contributed by atoms with Crippen LogP contribution in [-0.4, -0.2) is 39.2 Å². The van der Waals surface area contributed by atoms with Gasteiger partial charge in [-0.15, -0.1) is 5.10 Å². The van der Waals surface area contributed by atoms with E-state index in [2.05, 4.69) is 29.5 Å². The van der Waals surface area contributed by atoms with Crippen molar-refractivity contribution >= 4 is 5.91 Å². The van der Waals surface area contributed by atoms with Crippen LogP contribution >= 0.6 is 0 Å². The largest absolute Gasteiger partial charge is 0.371 e. The number of aromatic nitrogens is 3. The molecule has 1 aromatic heterocycles. The molecule has 1 fully saturated rings. The molecule has 2 heterocycles. The summed E-state index contributed by atoms with van der Waals surface area (Å²) in [4.78, 5) is 12.2. The predicted molar refractivity (Wildman–Crippen MR) is 80.3 cm³/mol. The van der Waals surface area contributed by atoms with Crippen LogP contribution in [0.4, 0.5) is 0 Å². The minimum Gasteiger partial charge on any atom is -0.371 e. The summed E-state index contributed by atoms with van der Waals surface area (Å²) in [6, 6.07) is 0.196. The first-order valence-electron chi connectivity index (χ1n) is 7.68. The molecule has 0 radical (unpaired) electrons. The molecule has 0 spiro atoms. The van der Waals surface area contributed by atoms with Gasteiger partial charge >= 0.3 is 0 Å². The lowest BCUT2D eigenvalue weighted by atomic mass is 9.95. The van der Waals surface area contributed by atoms with Gasteiger partial charge < -0.3 is 10.1 Å². The third kappa shape index (κ3) is 3.81. The van der Waals surface area contributed by atoms with Crippen LogP contribution in [0, 0.1) is 6.92 Å². The summed E-state index contributed by atoms with van der Waals surface area (Å²) in [6.07, 6.45) is 3.27. The van der Waals surface area contributed by atoms with E-state index in [0.29, 0.717) is 12.2 Å². The zero-order valence-corrected chi connectivity index (χ0v) is 13.6. The minimum absolute atomic E-state index is 0.0816. The Morgan fingerprint density at radius 1 is 1.52 bits per heavy atom. The maximum absolute atomic E-state index is 12.2. The molecule has 2 rings (SSSR count). The van der Waals surface area contributed by atoms with Crippen LogP contribution in [0.1, 0.15) is 69.2 Å². The summed E-state index contributed by atoms with van der Waals surface area (Å²) in [6.45, 7) is 10.6. The topological polar surface area (TPSA) is 69.0 Å². The van der Waals surface area contributed by atoms with Gasteiger partial charge in [-0.2, -0.15) is 0 Å². The van der Waals surface area contributed by atoms with Crippen molar-refractivity contribution in [3.8, 4) is 0 Å². The van der Waals surface area contributed by atoms with Crippen molar-refractivity contribution < 1.29 is 9.53 Å². The highest BCUT2D eigenvalue weighted by atomic mass is 16.5. The van der Waals surface area contributed by atoms with E-state index in [9.17, 15) is 4.79 Å². The van der Waals surface area contributed by atoms with Crippen LogP contribution in [0.5, 0.6) is 0 Å². The number of nitrogens with one attached hydrogen (secondary N) is 1. The molecule has 1 N–H and O–H groups in total. The Bertz CT molecular complexity index is 508. The molecular formula is C15H26N4O2. The summed E-state index contributed by atoms with van der Waals surface area (Å²) < 4.78 is 7.74. The van der Waals surface area contributed by atoms with Gasteiger partial charge in [-0.1, -0.05) is 5.21 Å². The van der Waals surface area contributed by atoms with E-state index < -0.39 is 0 Å². The summed E-state index contributed by atoms with van der Waals surface area (Å²) >= 11 is 0.